The van der Waals surface area contributed by atoms with Crippen molar-refractivity contribution in [2.24, 2.45) is 11.1 Å². The number of aryl methyl sites for hydroxylation is 1. The van der Waals surface area contributed by atoms with Crippen LogP contribution in [-0.2, 0) is 0 Å². The van der Waals surface area contributed by atoms with Gasteiger partial charge < -0.3 is 11.1 Å². The van der Waals surface area contributed by atoms with Crippen LogP contribution in [0.25, 0.3) is 0 Å². The summed E-state index contributed by atoms with van der Waals surface area (Å²) in [5.41, 5.74) is 7.07. The van der Waals surface area contributed by atoms with E-state index in [1.54, 1.807) is 18.3 Å². The van der Waals surface area contributed by atoms with Crippen molar-refractivity contribution < 1.29 is 4.79 Å². The van der Waals surface area contributed by atoms with Crippen LogP contribution in [0.5, 0.6) is 0 Å². The molecule has 1 aromatic rings. The minimum absolute atomic E-state index is 0.0342. The summed E-state index contributed by atoms with van der Waals surface area (Å²) in [6.45, 7) is 7.33. The number of aromatic nitrogens is 1. The van der Waals surface area contributed by atoms with Gasteiger partial charge in [-0.25, -0.2) is 0 Å². The summed E-state index contributed by atoms with van der Waals surface area (Å²) in [4.78, 5) is 15.9. The molecule has 0 atom stereocenters. The van der Waals surface area contributed by atoms with E-state index in [1.807, 2.05) is 6.92 Å². The Balaban J connectivity index is 2.56. The maximum absolute atomic E-state index is 11.9. The van der Waals surface area contributed by atoms with E-state index in [0.717, 1.165) is 12.1 Å². The molecular formula is C13H21N3O. The number of carbonyl (C=O) groups excluding carboxylic acids is 1. The molecular weight excluding hydrogens is 214 g/mol. The number of carbonyl (C=O) groups is 1. The van der Waals surface area contributed by atoms with Gasteiger partial charge in [0.2, 0.25) is 0 Å². The average Bonchev–Trinajstić information content (AvgIpc) is 2.26. The predicted molar refractivity (Wildman–Crippen MR) is 68.8 cm³/mol. The van der Waals surface area contributed by atoms with E-state index in [9.17, 15) is 4.79 Å². The Bertz CT molecular complexity index is 388. The molecule has 1 heterocycles. The second-order valence-electron chi connectivity index (χ2n) is 5.07. The third-order valence-electron chi connectivity index (χ3n) is 2.71. The average molecular weight is 235 g/mol. The van der Waals surface area contributed by atoms with E-state index in [2.05, 4.69) is 24.1 Å². The Labute approximate surface area is 103 Å². The predicted octanol–water partition coefficient (Wildman–Crippen LogP) is 1.49. The van der Waals surface area contributed by atoms with Crippen molar-refractivity contribution in [2.45, 2.75) is 27.2 Å². The molecule has 0 fully saturated rings. The van der Waals surface area contributed by atoms with Crippen molar-refractivity contribution >= 4 is 5.91 Å². The summed E-state index contributed by atoms with van der Waals surface area (Å²) in [6, 6.07) is 3.50. The molecule has 4 heteroatoms. The lowest BCUT2D eigenvalue weighted by atomic mass is 9.89. The minimum atomic E-state index is -0.0550. The van der Waals surface area contributed by atoms with E-state index < -0.39 is 0 Å². The monoisotopic (exact) mass is 235 g/mol. The van der Waals surface area contributed by atoms with Crippen molar-refractivity contribution in [3.8, 4) is 0 Å². The maximum Gasteiger partial charge on any atom is 0.251 e. The van der Waals surface area contributed by atoms with Gasteiger partial charge in [0.05, 0.1) is 0 Å². The third-order valence-corrected chi connectivity index (χ3v) is 2.71. The normalized spacial score (nSPS) is 11.3. The fourth-order valence-corrected chi connectivity index (χ4v) is 1.59. The van der Waals surface area contributed by atoms with Crippen LogP contribution in [0.1, 0.15) is 36.3 Å². The topological polar surface area (TPSA) is 68.0 Å². The Morgan fingerprint density at radius 1 is 1.53 bits per heavy atom. The Morgan fingerprint density at radius 2 is 2.24 bits per heavy atom. The molecule has 0 aliphatic rings. The maximum atomic E-state index is 11.9. The number of hydrogen-bond acceptors (Lipinski definition) is 3. The van der Waals surface area contributed by atoms with Crippen LogP contribution in [0.15, 0.2) is 18.3 Å². The summed E-state index contributed by atoms with van der Waals surface area (Å²) in [5, 5.41) is 2.93. The zero-order chi connectivity index (χ0) is 12.9. The van der Waals surface area contributed by atoms with Gasteiger partial charge in [0.15, 0.2) is 0 Å². The van der Waals surface area contributed by atoms with E-state index in [0.29, 0.717) is 18.7 Å². The SMILES string of the molecule is Cc1cc(C(=O)NCC(C)(C)CCN)ccn1. The summed E-state index contributed by atoms with van der Waals surface area (Å²) >= 11 is 0. The van der Waals surface area contributed by atoms with Crippen LogP contribution in [0, 0.1) is 12.3 Å². The second-order valence-corrected chi connectivity index (χ2v) is 5.07. The van der Waals surface area contributed by atoms with Crippen LogP contribution in [0.2, 0.25) is 0 Å². The highest BCUT2D eigenvalue weighted by Gasteiger charge is 2.18. The highest BCUT2D eigenvalue weighted by molar-refractivity contribution is 5.94. The quantitative estimate of drug-likeness (QED) is 0.812. The highest BCUT2D eigenvalue weighted by Crippen LogP contribution is 2.17. The van der Waals surface area contributed by atoms with Crippen LogP contribution >= 0.6 is 0 Å². The summed E-state index contributed by atoms with van der Waals surface area (Å²) in [7, 11) is 0. The summed E-state index contributed by atoms with van der Waals surface area (Å²) < 4.78 is 0. The number of hydrogen-bond donors (Lipinski definition) is 2. The number of rotatable bonds is 5. The van der Waals surface area contributed by atoms with Gasteiger partial charge in [-0.3, -0.25) is 9.78 Å². The molecule has 0 unspecified atom stereocenters. The van der Waals surface area contributed by atoms with Gasteiger partial charge in [-0.1, -0.05) is 13.8 Å². The smallest absolute Gasteiger partial charge is 0.251 e. The molecule has 1 aromatic heterocycles. The van der Waals surface area contributed by atoms with E-state index >= 15 is 0 Å². The first-order chi connectivity index (χ1) is 7.94. The van der Waals surface area contributed by atoms with Gasteiger partial charge in [-0.05, 0) is 37.4 Å². The lowest BCUT2D eigenvalue weighted by Crippen LogP contribution is -2.35. The Kier molecular flexibility index (Phi) is 4.63. The first-order valence-electron chi connectivity index (χ1n) is 5.85. The van der Waals surface area contributed by atoms with Gasteiger partial charge in [-0.2, -0.15) is 0 Å². The molecule has 0 aromatic carbocycles. The molecule has 0 aliphatic heterocycles. The van der Waals surface area contributed by atoms with Crippen LogP contribution in [-0.4, -0.2) is 24.0 Å². The highest BCUT2D eigenvalue weighted by atomic mass is 16.1. The van der Waals surface area contributed by atoms with Crippen LogP contribution < -0.4 is 11.1 Å². The number of nitrogens with zero attached hydrogens (tertiary/aromatic N) is 1. The summed E-state index contributed by atoms with van der Waals surface area (Å²) in [5.74, 6) is -0.0550. The lowest BCUT2D eigenvalue weighted by Gasteiger charge is -2.24. The number of pyridine rings is 1. The molecule has 94 valence electrons. The van der Waals surface area contributed by atoms with Gasteiger partial charge >= 0.3 is 0 Å². The molecule has 4 nitrogen and oxygen atoms in total. The van der Waals surface area contributed by atoms with Crippen molar-refractivity contribution in [3.63, 3.8) is 0 Å². The van der Waals surface area contributed by atoms with Gasteiger partial charge in [0.1, 0.15) is 0 Å². The van der Waals surface area contributed by atoms with E-state index in [4.69, 9.17) is 5.73 Å². The Morgan fingerprint density at radius 3 is 2.82 bits per heavy atom. The zero-order valence-corrected chi connectivity index (χ0v) is 10.8. The number of amides is 1. The molecule has 0 saturated carbocycles. The molecule has 17 heavy (non-hydrogen) atoms. The van der Waals surface area contributed by atoms with Crippen molar-refractivity contribution in [2.75, 3.05) is 13.1 Å². The van der Waals surface area contributed by atoms with E-state index in [-0.39, 0.29) is 11.3 Å². The van der Waals surface area contributed by atoms with Crippen LogP contribution in [0.3, 0.4) is 0 Å². The molecule has 0 radical (unpaired) electrons. The molecule has 3 N–H and O–H groups in total. The molecule has 0 saturated heterocycles. The molecule has 1 rings (SSSR count). The molecule has 0 spiro atoms. The largest absolute Gasteiger partial charge is 0.352 e. The summed E-state index contributed by atoms with van der Waals surface area (Å²) in [6.07, 6.45) is 2.54. The second kappa shape index (κ2) is 5.77. The van der Waals surface area contributed by atoms with Crippen molar-refractivity contribution in [1.82, 2.24) is 10.3 Å². The van der Waals surface area contributed by atoms with Gasteiger partial charge in [-0.15, -0.1) is 0 Å². The number of nitrogens with one attached hydrogen (secondary N) is 1. The third kappa shape index (κ3) is 4.53. The molecule has 1 amide bonds. The van der Waals surface area contributed by atoms with Gasteiger partial charge in [0, 0.05) is 24.0 Å². The van der Waals surface area contributed by atoms with Crippen LogP contribution in [0.4, 0.5) is 0 Å². The first-order valence-corrected chi connectivity index (χ1v) is 5.85. The lowest BCUT2D eigenvalue weighted by molar-refractivity contribution is 0.0935. The molecule has 0 bridgehead atoms. The van der Waals surface area contributed by atoms with Gasteiger partial charge in [0.25, 0.3) is 5.91 Å². The minimum Gasteiger partial charge on any atom is -0.352 e. The van der Waals surface area contributed by atoms with Crippen molar-refractivity contribution in [1.29, 1.82) is 0 Å². The standard InChI is InChI=1S/C13H21N3O/c1-10-8-11(4-7-15-10)12(17)16-9-13(2,3)5-6-14/h4,7-8H,5-6,9,14H2,1-3H3,(H,16,17). The number of nitrogens with two attached hydrogens (primary N) is 1. The first kappa shape index (κ1) is 13.6. The zero-order valence-electron chi connectivity index (χ0n) is 10.8. The van der Waals surface area contributed by atoms with Crippen molar-refractivity contribution in [3.05, 3.63) is 29.6 Å². The van der Waals surface area contributed by atoms with E-state index in [1.165, 1.54) is 0 Å². The molecule has 0 aliphatic carbocycles. The fourth-order valence-electron chi connectivity index (χ4n) is 1.59. The Hall–Kier alpha value is -1.42. The fraction of sp³-hybridized carbons (Fsp3) is 0.538.